The lowest BCUT2D eigenvalue weighted by molar-refractivity contribution is 0.0502. The highest BCUT2D eigenvalue weighted by atomic mass is 127. The standard InChI is InChI=1S/C21H38N6O2.HI/c1-7-8-17(25-20(28)29-21(3,4)5)13-24-19(22-6)26-11-9-16(2)18(14-26)27-12-10-23-15-27;/h10,12,15-18H,7-9,11,13-14H2,1-6H3,(H,22,24)(H,25,28);1H. The molecule has 30 heavy (non-hydrogen) atoms. The summed E-state index contributed by atoms with van der Waals surface area (Å²) in [7, 11) is 1.81. The number of aliphatic imine (C=N–C) groups is 1. The van der Waals surface area contributed by atoms with Gasteiger partial charge in [0.2, 0.25) is 0 Å². The van der Waals surface area contributed by atoms with E-state index in [0.29, 0.717) is 18.5 Å². The van der Waals surface area contributed by atoms with Gasteiger partial charge >= 0.3 is 6.09 Å². The highest BCUT2D eigenvalue weighted by Crippen LogP contribution is 2.27. The first-order chi connectivity index (χ1) is 13.7. The Morgan fingerprint density at radius 1 is 1.40 bits per heavy atom. The van der Waals surface area contributed by atoms with E-state index in [2.05, 4.69) is 43.9 Å². The molecule has 2 rings (SSSR count). The van der Waals surface area contributed by atoms with Gasteiger partial charge in [0.25, 0.3) is 0 Å². The number of ether oxygens (including phenoxy) is 1. The first kappa shape index (κ1) is 26.5. The van der Waals surface area contributed by atoms with E-state index in [9.17, 15) is 4.79 Å². The molecule has 3 atom stereocenters. The molecular formula is C21H39IN6O2. The average Bonchev–Trinajstić information content (AvgIpc) is 3.16. The Morgan fingerprint density at radius 2 is 2.13 bits per heavy atom. The lowest BCUT2D eigenvalue weighted by Crippen LogP contribution is -2.52. The van der Waals surface area contributed by atoms with Gasteiger partial charge in [-0.3, -0.25) is 4.99 Å². The lowest BCUT2D eigenvalue weighted by atomic mass is 9.93. The van der Waals surface area contributed by atoms with Crippen LogP contribution in [0.2, 0.25) is 0 Å². The fourth-order valence-electron chi connectivity index (χ4n) is 3.69. The van der Waals surface area contributed by atoms with Gasteiger partial charge in [-0.2, -0.15) is 0 Å². The average molecular weight is 534 g/mol. The summed E-state index contributed by atoms with van der Waals surface area (Å²) in [4.78, 5) is 23.1. The number of nitrogens with one attached hydrogen (secondary N) is 2. The maximum Gasteiger partial charge on any atom is 0.407 e. The van der Waals surface area contributed by atoms with Crippen LogP contribution in [0.15, 0.2) is 23.7 Å². The molecule has 1 aromatic rings. The van der Waals surface area contributed by atoms with Crippen LogP contribution in [-0.4, -0.2) is 64.8 Å². The van der Waals surface area contributed by atoms with E-state index in [0.717, 1.165) is 38.3 Å². The number of carbonyl (C=O) groups excluding carboxylic acids is 1. The molecule has 1 fully saturated rings. The summed E-state index contributed by atoms with van der Waals surface area (Å²) in [5.74, 6) is 1.45. The van der Waals surface area contributed by atoms with Gasteiger partial charge in [-0.1, -0.05) is 20.3 Å². The zero-order chi connectivity index (χ0) is 21.4. The number of alkyl carbamates (subject to hydrolysis) is 1. The number of carbonyl (C=O) groups is 1. The topological polar surface area (TPSA) is 83.8 Å². The number of rotatable bonds is 6. The van der Waals surface area contributed by atoms with Crippen molar-refractivity contribution in [1.29, 1.82) is 0 Å². The number of hydrogen-bond donors (Lipinski definition) is 2. The van der Waals surface area contributed by atoms with Crippen LogP contribution in [0.4, 0.5) is 4.79 Å². The van der Waals surface area contributed by atoms with Gasteiger partial charge in [0, 0.05) is 45.1 Å². The number of nitrogens with zero attached hydrogens (tertiary/aromatic N) is 4. The number of likely N-dealkylation sites (tertiary alicyclic amines) is 1. The van der Waals surface area contributed by atoms with E-state index in [1.165, 1.54) is 0 Å². The molecule has 8 nitrogen and oxygen atoms in total. The number of guanidine groups is 1. The summed E-state index contributed by atoms with van der Waals surface area (Å²) in [5, 5.41) is 6.44. The zero-order valence-corrected chi connectivity index (χ0v) is 21.6. The van der Waals surface area contributed by atoms with Crippen molar-refractivity contribution in [3.63, 3.8) is 0 Å². The predicted molar refractivity (Wildman–Crippen MR) is 131 cm³/mol. The first-order valence-electron chi connectivity index (χ1n) is 10.7. The van der Waals surface area contributed by atoms with Crippen molar-refractivity contribution < 1.29 is 9.53 Å². The van der Waals surface area contributed by atoms with E-state index in [1.807, 2.05) is 46.5 Å². The van der Waals surface area contributed by atoms with E-state index < -0.39 is 5.60 Å². The fraction of sp³-hybridized carbons (Fsp3) is 0.762. The Hall–Kier alpha value is -1.52. The molecule has 0 saturated carbocycles. The normalized spacial score (nSPS) is 20.9. The number of hydrogen-bond acceptors (Lipinski definition) is 4. The third-order valence-corrected chi connectivity index (χ3v) is 5.20. The Kier molecular flexibility index (Phi) is 10.9. The van der Waals surface area contributed by atoms with Crippen LogP contribution in [0.25, 0.3) is 0 Å². The summed E-state index contributed by atoms with van der Waals surface area (Å²) >= 11 is 0. The third kappa shape index (κ3) is 8.31. The number of piperidine rings is 1. The minimum Gasteiger partial charge on any atom is -0.444 e. The van der Waals surface area contributed by atoms with Crippen LogP contribution in [0.1, 0.15) is 59.9 Å². The number of imidazole rings is 1. The van der Waals surface area contributed by atoms with Crippen molar-refractivity contribution in [1.82, 2.24) is 25.1 Å². The van der Waals surface area contributed by atoms with Crippen molar-refractivity contribution in [2.24, 2.45) is 10.9 Å². The second kappa shape index (κ2) is 12.4. The minimum atomic E-state index is -0.503. The number of halogens is 1. The van der Waals surface area contributed by atoms with Crippen molar-refractivity contribution in [3.05, 3.63) is 18.7 Å². The van der Waals surface area contributed by atoms with Gasteiger partial charge in [0.05, 0.1) is 12.4 Å². The molecule has 0 radical (unpaired) electrons. The van der Waals surface area contributed by atoms with Gasteiger partial charge < -0.3 is 24.8 Å². The number of amides is 1. The van der Waals surface area contributed by atoms with E-state index in [1.54, 1.807) is 0 Å². The van der Waals surface area contributed by atoms with E-state index in [-0.39, 0.29) is 36.1 Å². The monoisotopic (exact) mass is 534 g/mol. The van der Waals surface area contributed by atoms with Crippen LogP contribution in [-0.2, 0) is 4.74 Å². The molecule has 1 amide bonds. The lowest BCUT2D eigenvalue weighted by Gasteiger charge is -2.39. The van der Waals surface area contributed by atoms with Crippen molar-refractivity contribution >= 4 is 36.0 Å². The molecule has 2 N–H and O–H groups in total. The minimum absolute atomic E-state index is 0. The highest BCUT2D eigenvalue weighted by molar-refractivity contribution is 14.0. The van der Waals surface area contributed by atoms with Crippen molar-refractivity contribution in [2.75, 3.05) is 26.7 Å². The summed E-state index contributed by atoms with van der Waals surface area (Å²) in [6, 6.07) is 0.357. The maximum atomic E-state index is 12.2. The van der Waals surface area contributed by atoms with E-state index in [4.69, 9.17) is 4.74 Å². The summed E-state index contributed by atoms with van der Waals surface area (Å²) in [5.41, 5.74) is -0.503. The SMILES string of the molecule is CCCC(CNC(=NC)N1CCC(C)C(n2ccnc2)C1)NC(=O)OC(C)(C)C.I. The van der Waals surface area contributed by atoms with Gasteiger partial charge in [-0.25, -0.2) is 9.78 Å². The predicted octanol–water partition coefficient (Wildman–Crippen LogP) is 3.65. The van der Waals surface area contributed by atoms with Crippen LogP contribution < -0.4 is 10.6 Å². The maximum absolute atomic E-state index is 12.2. The summed E-state index contributed by atoms with van der Waals surface area (Å²) in [6.07, 6.45) is 8.32. The summed E-state index contributed by atoms with van der Waals surface area (Å²) < 4.78 is 7.59. The Bertz CT molecular complexity index is 659. The third-order valence-electron chi connectivity index (χ3n) is 5.20. The molecule has 0 bridgehead atoms. The molecule has 1 aliphatic rings. The van der Waals surface area contributed by atoms with Gasteiger partial charge in [-0.15, -0.1) is 24.0 Å². The molecule has 1 aliphatic heterocycles. The second-order valence-corrected chi connectivity index (χ2v) is 8.85. The number of aromatic nitrogens is 2. The largest absolute Gasteiger partial charge is 0.444 e. The Labute approximate surface area is 198 Å². The molecule has 2 heterocycles. The molecule has 0 spiro atoms. The van der Waals surface area contributed by atoms with Crippen LogP contribution in [0.5, 0.6) is 0 Å². The van der Waals surface area contributed by atoms with Gasteiger partial charge in [-0.05, 0) is 39.5 Å². The van der Waals surface area contributed by atoms with Crippen molar-refractivity contribution in [2.45, 2.75) is 71.6 Å². The van der Waals surface area contributed by atoms with Gasteiger partial charge in [0.15, 0.2) is 5.96 Å². The molecule has 3 unspecified atom stereocenters. The smallest absolute Gasteiger partial charge is 0.407 e. The van der Waals surface area contributed by atoms with Gasteiger partial charge in [0.1, 0.15) is 5.60 Å². The summed E-state index contributed by atoms with van der Waals surface area (Å²) in [6.45, 7) is 12.5. The van der Waals surface area contributed by atoms with Crippen LogP contribution in [0.3, 0.4) is 0 Å². The Balaban J connectivity index is 0.00000450. The first-order valence-corrected chi connectivity index (χ1v) is 10.7. The molecule has 1 saturated heterocycles. The molecule has 0 aromatic carbocycles. The Morgan fingerprint density at radius 3 is 2.70 bits per heavy atom. The second-order valence-electron chi connectivity index (χ2n) is 8.85. The molecule has 172 valence electrons. The molecule has 0 aliphatic carbocycles. The molecule has 9 heteroatoms. The quantitative estimate of drug-likeness (QED) is 0.331. The van der Waals surface area contributed by atoms with Crippen LogP contribution in [0, 0.1) is 5.92 Å². The highest BCUT2D eigenvalue weighted by Gasteiger charge is 2.29. The zero-order valence-electron chi connectivity index (χ0n) is 19.2. The molecular weight excluding hydrogens is 495 g/mol. The fourth-order valence-corrected chi connectivity index (χ4v) is 3.69. The molecule has 1 aromatic heterocycles. The van der Waals surface area contributed by atoms with E-state index >= 15 is 0 Å². The van der Waals surface area contributed by atoms with Crippen LogP contribution >= 0.6 is 24.0 Å². The van der Waals surface area contributed by atoms with Crippen molar-refractivity contribution in [3.8, 4) is 0 Å².